The van der Waals surface area contributed by atoms with E-state index in [1.54, 1.807) is 36.4 Å². The fourth-order valence-electron chi connectivity index (χ4n) is 7.15. The summed E-state index contributed by atoms with van der Waals surface area (Å²) in [5.74, 6) is -1.54. The molecule has 0 heterocycles. The minimum atomic E-state index is -1.11. The smallest absolute Gasteiger partial charge is 0.337 e. The third-order valence-corrected chi connectivity index (χ3v) is 12.1. The fourth-order valence-corrected chi connectivity index (χ4v) is 7.72. The Kier molecular flexibility index (Phi) is 16.4. The molecule has 8 rings (SSSR count). The molecule has 0 unspecified atom stereocenters. The van der Waals surface area contributed by atoms with E-state index < -0.39 is 5.97 Å². The number of halogens is 3. The maximum absolute atomic E-state index is 12.7. The SMILES string of the molecule is Cc1ccc(-c2cccc(Cl)c2)cc1N.Cc1ccc(-c2cccc(Cl)c2)cc1NC(=O)c1cccc(C)c1C.Cc1cccc(C(=O)Nc2cc(-c3cccc(Cl)c3)ccc2C(=O)O)c1C. The number of anilines is 3. The number of nitrogen functional groups attached to an aromatic ring is 1. The van der Waals surface area contributed by atoms with Crippen molar-refractivity contribution in [1.29, 1.82) is 0 Å². The Hall–Kier alpha value is -7.16. The third kappa shape index (κ3) is 12.8. The summed E-state index contributed by atoms with van der Waals surface area (Å²) in [6.45, 7) is 11.8. The molecule has 338 valence electrons. The minimum Gasteiger partial charge on any atom is -0.478 e. The Morgan fingerprint density at radius 2 is 0.776 bits per heavy atom. The zero-order chi connectivity index (χ0) is 48.4. The molecule has 10 heteroatoms. The highest BCUT2D eigenvalue weighted by Crippen LogP contribution is 2.31. The number of rotatable bonds is 8. The summed E-state index contributed by atoms with van der Waals surface area (Å²) in [6.07, 6.45) is 0. The van der Waals surface area contributed by atoms with Gasteiger partial charge in [-0.15, -0.1) is 0 Å². The van der Waals surface area contributed by atoms with Crippen LogP contribution in [-0.2, 0) is 0 Å². The second-order valence-electron chi connectivity index (χ2n) is 16.1. The Morgan fingerprint density at radius 1 is 0.403 bits per heavy atom. The lowest BCUT2D eigenvalue weighted by Crippen LogP contribution is -2.16. The second-order valence-corrected chi connectivity index (χ2v) is 17.4. The molecule has 7 nitrogen and oxygen atoms in total. The molecule has 8 aromatic carbocycles. The number of amides is 2. The van der Waals surface area contributed by atoms with Gasteiger partial charge in [0.05, 0.1) is 11.3 Å². The van der Waals surface area contributed by atoms with Crippen molar-refractivity contribution in [3.05, 3.63) is 229 Å². The monoisotopic (exact) mass is 945 g/mol. The molecule has 0 saturated heterocycles. The summed E-state index contributed by atoms with van der Waals surface area (Å²) in [7, 11) is 0. The topological polar surface area (TPSA) is 122 Å². The lowest BCUT2D eigenvalue weighted by Gasteiger charge is -2.13. The van der Waals surface area contributed by atoms with Crippen LogP contribution < -0.4 is 16.4 Å². The summed E-state index contributed by atoms with van der Waals surface area (Å²) in [6, 6.07) is 50.8. The molecule has 67 heavy (non-hydrogen) atoms. The molecule has 0 aromatic heterocycles. The van der Waals surface area contributed by atoms with Crippen molar-refractivity contribution in [3.63, 3.8) is 0 Å². The first kappa shape index (κ1) is 49.3. The fraction of sp³-hybridized carbons (Fsp3) is 0.105. The first-order chi connectivity index (χ1) is 32.0. The lowest BCUT2D eigenvalue weighted by molar-refractivity contribution is 0.0697. The molecule has 0 aliphatic carbocycles. The van der Waals surface area contributed by atoms with Gasteiger partial charge in [0.25, 0.3) is 11.8 Å². The van der Waals surface area contributed by atoms with E-state index in [-0.39, 0.29) is 23.1 Å². The molecule has 0 aliphatic rings. The molecular weight excluding hydrogens is 897 g/mol. The number of benzene rings is 8. The molecule has 0 spiro atoms. The highest BCUT2D eigenvalue weighted by molar-refractivity contribution is 6.31. The van der Waals surface area contributed by atoms with Crippen molar-refractivity contribution in [3.8, 4) is 33.4 Å². The van der Waals surface area contributed by atoms with Gasteiger partial charge in [-0.1, -0.05) is 126 Å². The average Bonchev–Trinajstić information content (AvgIpc) is 3.30. The molecule has 5 N–H and O–H groups in total. The van der Waals surface area contributed by atoms with Crippen LogP contribution in [-0.4, -0.2) is 22.9 Å². The number of carboxylic acid groups (broad SMARTS) is 1. The van der Waals surface area contributed by atoms with Gasteiger partial charge in [-0.2, -0.15) is 0 Å². The Balaban J connectivity index is 0.000000172. The van der Waals surface area contributed by atoms with E-state index in [0.29, 0.717) is 21.2 Å². The zero-order valence-electron chi connectivity index (χ0n) is 38.0. The molecule has 2 amide bonds. The summed E-state index contributed by atoms with van der Waals surface area (Å²) >= 11 is 18.1. The van der Waals surface area contributed by atoms with Gasteiger partial charge in [-0.3, -0.25) is 9.59 Å². The Morgan fingerprint density at radius 3 is 1.21 bits per heavy atom. The summed E-state index contributed by atoms with van der Waals surface area (Å²) in [5, 5.41) is 17.3. The van der Waals surface area contributed by atoms with Gasteiger partial charge in [-0.25, -0.2) is 4.79 Å². The van der Waals surface area contributed by atoms with Gasteiger partial charge in [0.1, 0.15) is 0 Å². The van der Waals surface area contributed by atoms with E-state index in [9.17, 15) is 19.5 Å². The third-order valence-electron chi connectivity index (χ3n) is 11.4. The number of aryl methyl sites for hydroxylation is 4. The van der Waals surface area contributed by atoms with Gasteiger partial charge in [0.15, 0.2) is 0 Å². The van der Waals surface area contributed by atoms with Crippen LogP contribution in [0.4, 0.5) is 17.1 Å². The van der Waals surface area contributed by atoms with Crippen LogP contribution in [0.5, 0.6) is 0 Å². The van der Waals surface area contributed by atoms with Crippen LogP contribution in [0.1, 0.15) is 64.5 Å². The molecule has 0 bridgehead atoms. The average molecular weight is 947 g/mol. The maximum atomic E-state index is 12.7. The summed E-state index contributed by atoms with van der Waals surface area (Å²) in [5.41, 5.74) is 20.9. The second kappa shape index (κ2) is 22.4. The first-order valence-corrected chi connectivity index (χ1v) is 22.5. The van der Waals surface area contributed by atoms with Crippen LogP contribution in [0.2, 0.25) is 15.1 Å². The highest BCUT2D eigenvalue weighted by Gasteiger charge is 2.17. The van der Waals surface area contributed by atoms with Crippen molar-refractivity contribution in [2.45, 2.75) is 41.5 Å². The molecule has 0 aliphatic heterocycles. The van der Waals surface area contributed by atoms with Crippen molar-refractivity contribution < 1.29 is 19.5 Å². The molecule has 0 atom stereocenters. The quantitative estimate of drug-likeness (QED) is 0.113. The number of aromatic carboxylic acids is 1. The van der Waals surface area contributed by atoms with Gasteiger partial charge in [0.2, 0.25) is 0 Å². The Labute approximate surface area is 407 Å². The van der Waals surface area contributed by atoms with E-state index in [4.69, 9.17) is 40.5 Å². The molecule has 0 fully saturated rings. The van der Waals surface area contributed by atoms with Crippen LogP contribution in [0.3, 0.4) is 0 Å². The number of carboxylic acids is 1. The van der Waals surface area contributed by atoms with Gasteiger partial charge < -0.3 is 21.5 Å². The Bertz CT molecular complexity index is 3130. The van der Waals surface area contributed by atoms with E-state index in [1.165, 1.54) is 6.07 Å². The number of carbonyl (C=O) groups excluding carboxylic acids is 2. The van der Waals surface area contributed by atoms with Crippen molar-refractivity contribution >= 4 is 69.6 Å². The first-order valence-electron chi connectivity index (χ1n) is 21.4. The number of hydrogen-bond acceptors (Lipinski definition) is 4. The van der Waals surface area contributed by atoms with E-state index in [0.717, 1.165) is 83.2 Å². The van der Waals surface area contributed by atoms with Gasteiger partial charge in [0, 0.05) is 37.6 Å². The van der Waals surface area contributed by atoms with Crippen molar-refractivity contribution in [2.75, 3.05) is 16.4 Å². The maximum Gasteiger partial charge on any atom is 0.337 e. The van der Waals surface area contributed by atoms with Gasteiger partial charge in [-0.05, 0) is 181 Å². The van der Waals surface area contributed by atoms with E-state index in [2.05, 4.69) is 16.7 Å². The molecule has 0 saturated carbocycles. The van der Waals surface area contributed by atoms with Gasteiger partial charge >= 0.3 is 5.97 Å². The normalized spacial score (nSPS) is 10.5. The van der Waals surface area contributed by atoms with E-state index >= 15 is 0 Å². The highest BCUT2D eigenvalue weighted by atomic mass is 35.5. The summed E-state index contributed by atoms with van der Waals surface area (Å²) in [4.78, 5) is 37.0. The van der Waals surface area contributed by atoms with Crippen LogP contribution in [0.25, 0.3) is 33.4 Å². The minimum absolute atomic E-state index is 0.0273. The van der Waals surface area contributed by atoms with Crippen LogP contribution in [0.15, 0.2) is 164 Å². The molecular formula is C57H50Cl3N3O4. The van der Waals surface area contributed by atoms with Crippen LogP contribution in [0, 0.1) is 41.5 Å². The summed E-state index contributed by atoms with van der Waals surface area (Å²) < 4.78 is 0. The zero-order valence-corrected chi connectivity index (χ0v) is 40.2. The predicted octanol–water partition coefficient (Wildman–Crippen LogP) is 15.7. The van der Waals surface area contributed by atoms with Crippen molar-refractivity contribution in [1.82, 2.24) is 0 Å². The molecule has 8 aromatic rings. The van der Waals surface area contributed by atoms with Crippen molar-refractivity contribution in [2.24, 2.45) is 0 Å². The largest absolute Gasteiger partial charge is 0.478 e. The lowest BCUT2D eigenvalue weighted by atomic mass is 10.0. The number of carbonyl (C=O) groups is 3. The number of nitrogens with two attached hydrogens (primary N) is 1. The van der Waals surface area contributed by atoms with Crippen LogP contribution >= 0.6 is 34.8 Å². The number of nitrogens with one attached hydrogen (secondary N) is 2. The number of hydrogen-bond donors (Lipinski definition) is 4. The predicted molar refractivity (Wildman–Crippen MR) is 279 cm³/mol. The standard InChI is InChI=1S/C22H18ClNO3.C22H20ClNO.C13H12ClN/c1-13-5-3-8-18(14(13)2)21(25)24-20-12-16(9-10-19(20)22(26)27)15-6-4-7-17(23)11-15;1-14-6-4-9-20(16(14)3)22(25)24-21-13-18(11-10-15(21)2)17-7-5-8-19(23)12-17;1-9-5-6-11(8-13(9)15)10-3-2-4-12(14)7-10/h3-12H,1-2H3,(H,24,25)(H,26,27);4-13H,1-3H3,(H,24,25);2-8H,15H2,1H3. The molecule has 0 radical (unpaired) electrons. The van der Waals surface area contributed by atoms with E-state index in [1.807, 2.05) is 157 Å².